The molecular formula is C30H32N4O3. The zero-order valence-electron chi connectivity index (χ0n) is 21.4. The van der Waals surface area contributed by atoms with Crippen molar-refractivity contribution in [1.82, 2.24) is 15.0 Å². The number of H-pyrrole nitrogens is 1. The largest absolute Gasteiger partial charge is 0.393 e. The first-order valence-electron chi connectivity index (χ1n) is 12.6. The van der Waals surface area contributed by atoms with Crippen molar-refractivity contribution in [2.75, 3.05) is 5.32 Å². The average Bonchev–Trinajstić information content (AvgIpc) is 3.33. The minimum atomic E-state index is -0.287. The maximum absolute atomic E-state index is 13.1. The molecule has 2 heterocycles. The van der Waals surface area contributed by atoms with Gasteiger partial charge in [0.2, 0.25) is 0 Å². The lowest BCUT2D eigenvalue weighted by Gasteiger charge is -2.19. The molecule has 0 radical (unpaired) electrons. The van der Waals surface area contributed by atoms with E-state index in [-0.39, 0.29) is 24.0 Å². The van der Waals surface area contributed by atoms with Crippen LogP contribution in [0.25, 0.3) is 27.9 Å². The van der Waals surface area contributed by atoms with Crippen LogP contribution in [0.4, 0.5) is 5.69 Å². The Hall–Kier alpha value is -3.81. The van der Waals surface area contributed by atoms with E-state index in [1.165, 1.54) is 6.33 Å². The van der Waals surface area contributed by atoms with E-state index in [9.17, 15) is 15.0 Å². The standard InChI is InChI=1S/C30H32N4O3/c1-30(2,3)20-11-7-19(8-12-20)29(37)34-25-6-4-5-22(24(25)16-35)27-23-15-26(33-28(23)32-17-31-27)18-9-13-21(36)14-10-18/h4-9,11-12,15,17,21,35-36H,10,13-14,16H2,1-3H3,(H,34,37)(H,31,32,33). The van der Waals surface area contributed by atoms with E-state index < -0.39 is 0 Å². The Balaban J connectivity index is 1.48. The molecule has 190 valence electrons. The second-order valence-electron chi connectivity index (χ2n) is 10.6. The Kier molecular flexibility index (Phi) is 6.67. The summed E-state index contributed by atoms with van der Waals surface area (Å²) in [6.45, 7) is 6.14. The maximum atomic E-state index is 13.1. The minimum Gasteiger partial charge on any atom is -0.393 e. The van der Waals surface area contributed by atoms with Gasteiger partial charge in [0.05, 0.1) is 18.4 Å². The smallest absolute Gasteiger partial charge is 0.255 e. The average molecular weight is 497 g/mol. The van der Waals surface area contributed by atoms with Crippen LogP contribution in [-0.2, 0) is 12.0 Å². The molecule has 5 rings (SSSR count). The fraction of sp³-hybridized carbons (Fsp3) is 0.300. The monoisotopic (exact) mass is 496 g/mol. The molecule has 4 aromatic rings. The van der Waals surface area contributed by atoms with Crippen LogP contribution in [0.3, 0.4) is 0 Å². The third-order valence-corrected chi connectivity index (χ3v) is 7.01. The second-order valence-corrected chi connectivity index (χ2v) is 10.6. The van der Waals surface area contributed by atoms with Gasteiger partial charge >= 0.3 is 0 Å². The number of aliphatic hydroxyl groups excluding tert-OH is 2. The first-order chi connectivity index (χ1) is 17.7. The highest BCUT2D eigenvalue weighted by atomic mass is 16.3. The Morgan fingerprint density at radius 3 is 2.59 bits per heavy atom. The summed E-state index contributed by atoms with van der Waals surface area (Å²) < 4.78 is 0. The normalized spacial score (nSPS) is 16.0. The quantitative estimate of drug-likeness (QED) is 0.288. The lowest BCUT2D eigenvalue weighted by molar-refractivity contribution is 0.102. The number of rotatable bonds is 5. The highest BCUT2D eigenvalue weighted by Gasteiger charge is 2.20. The predicted octanol–water partition coefficient (Wildman–Crippen LogP) is 5.60. The Labute approximate surface area is 216 Å². The maximum Gasteiger partial charge on any atom is 0.255 e. The van der Waals surface area contributed by atoms with Crippen LogP contribution >= 0.6 is 0 Å². The molecular weight excluding hydrogens is 464 g/mol. The molecule has 0 spiro atoms. The fourth-order valence-electron chi connectivity index (χ4n) is 4.80. The van der Waals surface area contributed by atoms with E-state index in [1.54, 1.807) is 6.07 Å². The van der Waals surface area contributed by atoms with Crippen LogP contribution in [0.2, 0.25) is 0 Å². The third kappa shape index (κ3) is 5.05. The molecule has 1 aliphatic carbocycles. The number of fused-ring (bicyclic) bond motifs is 1. The van der Waals surface area contributed by atoms with Gasteiger partial charge < -0.3 is 20.5 Å². The number of hydrogen-bond acceptors (Lipinski definition) is 5. The molecule has 4 N–H and O–H groups in total. The van der Waals surface area contributed by atoms with Crippen molar-refractivity contribution in [2.45, 2.75) is 58.2 Å². The van der Waals surface area contributed by atoms with Crippen LogP contribution in [-0.4, -0.2) is 37.2 Å². The zero-order valence-corrected chi connectivity index (χ0v) is 21.4. The van der Waals surface area contributed by atoms with Gasteiger partial charge in [-0.2, -0.15) is 0 Å². The van der Waals surface area contributed by atoms with Crippen molar-refractivity contribution in [3.63, 3.8) is 0 Å². The molecule has 1 atom stereocenters. The summed E-state index contributed by atoms with van der Waals surface area (Å²) in [6, 6.07) is 15.2. The van der Waals surface area contributed by atoms with Crippen molar-refractivity contribution in [3.05, 3.63) is 83.3 Å². The van der Waals surface area contributed by atoms with Gasteiger partial charge in [-0.05, 0) is 60.1 Å². The molecule has 0 bridgehead atoms. The fourth-order valence-corrected chi connectivity index (χ4v) is 4.80. The number of carbonyl (C=O) groups excluding carboxylic acids is 1. The van der Waals surface area contributed by atoms with Crippen molar-refractivity contribution >= 4 is 28.2 Å². The third-order valence-electron chi connectivity index (χ3n) is 7.01. The van der Waals surface area contributed by atoms with E-state index >= 15 is 0 Å². The van der Waals surface area contributed by atoms with Crippen molar-refractivity contribution in [1.29, 1.82) is 0 Å². The lowest BCUT2D eigenvalue weighted by atomic mass is 9.86. The first-order valence-corrected chi connectivity index (χ1v) is 12.6. The number of nitrogens with one attached hydrogen (secondary N) is 2. The molecule has 0 fully saturated rings. The molecule has 1 aliphatic rings. The topological polar surface area (TPSA) is 111 Å². The van der Waals surface area contributed by atoms with E-state index in [2.05, 4.69) is 47.1 Å². The minimum absolute atomic E-state index is 0.00312. The van der Waals surface area contributed by atoms with Gasteiger partial charge in [-0.1, -0.05) is 51.1 Å². The SMILES string of the molecule is CC(C)(C)c1ccc(C(=O)Nc2cccc(-c3ncnc4[nH]c(C5=CCC(O)CC5)cc34)c2CO)cc1. The van der Waals surface area contributed by atoms with Crippen LogP contribution in [0, 0.1) is 0 Å². The second kappa shape index (κ2) is 9.92. The number of aliphatic hydroxyl groups is 2. The number of aromatic nitrogens is 3. The summed E-state index contributed by atoms with van der Waals surface area (Å²) >= 11 is 0. The lowest BCUT2D eigenvalue weighted by Crippen LogP contribution is -2.15. The molecule has 1 unspecified atom stereocenters. The van der Waals surface area contributed by atoms with E-state index in [0.29, 0.717) is 34.6 Å². The summed E-state index contributed by atoms with van der Waals surface area (Å²) in [7, 11) is 0. The van der Waals surface area contributed by atoms with Gasteiger partial charge in [0.15, 0.2) is 0 Å². The van der Waals surface area contributed by atoms with Crippen molar-refractivity contribution in [3.8, 4) is 11.3 Å². The van der Waals surface area contributed by atoms with Crippen LogP contribution in [0.5, 0.6) is 0 Å². The number of anilines is 1. The molecule has 0 saturated carbocycles. The number of allylic oxidation sites excluding steroid dienone is 1. The van der Waals surface area contributed by atoms with Gasteiger partial charge in [0, 0.05) is 33.5 Å². The summed E-state index contributed by atoms with van der Waals surface area (Å²) in [6.07, 6.45) is 5.44. The highest BCUT2D eigenvalue weighted by Crippen LogP contribution is 2.35. The van der Waals surface area contributed by atoms with Crippen molar-refractivity contribution < 1.29 is 15.0 Å². The van der Waals surface area contributed by atoms with Gasteiger partial charge in [-0.3, -0.25) is 4.79 Å². The zero-order chi connectivity index (χ0) is 26.2. The summed E-state index contributed by atoms with van der Waals surface area (Å²) in [5, 5.41) is 24.0. The van der Waals surface area contributed by atoms with E-state index in [1.807, 2.05) is 42.5 Å². The number of aromatic amines is 1. The first kappa shape index (κ1) is 24.9. The summed E-state index contributed by atoms with van der Waals surface area (Å²) in [5.74, 6) is -0.240. The van der Waals surface area contributed by atoms with Gasteiger partial charge in [-0.25, -0.2) is 9.97 Å². The number of hydrogen-bond donors (Lipinski definition) is 4. The molecule has 0 aliphatic heterocycles. The van der Waals surface area contributed by atoms with Gasteiger partial charge in [-0.15, -0.1) is 0 Å². The van der Waals surface area contributed by atoms with Gasteiger partial charge in [0.1, 0.15) is 12.0 Å². The molecule has 37 heavy (non-hydrogen) atoms. The van der Waals surface area contributed by atoms with Crippen LogP contribution in [0.1, 0.15) is 67.2 Å². The van der Waals surface area contributed by atoms with Crippen LogP contribution in [0.15, 0.2) is 60.9 Å². The Bertz CT molecular complexity index is 1480. The molecule has 2 aromatic carbocycles. The molecule has 7 nitrogen and oxygen atoms in total. The molecule has 0 saturated heterocycles. The summed E-state index contributed by atoms with van der Waals surface area (Å²) in [5.41, 5.74) is 7.04. The van der Waals surface area contributed by atoms with Gasteiger partial charge in [0.25, 0.3) is 5.91 Å². The van der Waals surface area contributed by atoms with E-state index in [0.717, 1.165) is 40.6 Å². The highest BCUT2D eigenvalue weighted by molar-refractivity contribution is 6.05. The number of carbonyl (C=O) groups is 1. The Morgan fingerprint density at radius 2 is 1.92 bits per heavy atom. The van der Waals surface area contributed by atoms with Crippen molar-refractivity contribution in [2.24, 2.45) is 0 Å². The predicted molar refractivity (Wildman–Crippen MR) is 146 cm³/mol. The molecule has 2 aromatic heterocycles. The van der Waals surface area contributed by atoms with E-state index in [4.69, 9.17) is 0 Å². The Morgan fingerprint density at radius 1 is 1.14 bits per heavy atom. The summed E-state index contributed by atoms with van der Waals surface area (Å²) in [4.78, 5) is 25.4. The molecule has 7 heteroatoms. The number of benzene rings is 2. The van der Waals surface area contributed by atoms with Crippen LogP contribution < -0.4 is 5.32 Å². The number of nitrogens with zero attached hydrogens (tertiary/aromatic N) is 2. The molecule has 1 amide bonds. The number of amides is 1.